The molecule has 5 heteroatoms. The highest BCUT2D eigenvalue weighted by molar-refractivity contribution is 5.83. The number of hydrogen-bond acceptors (Lipinski definition) is 4. The van der Waals surface area contributed by atoms with Gasteiger partial charge in [0.25, 0.3) is 5.91 Å². The average Bonchev–Trinajstić information content (AvgIpc) is 2.53. The van der Waals surface area contributed by atoms with E-state index in [9.17, 15) is 9.90 Å². The monoisotopic (exact) mass is 312 g/mol. The van der Waals surface area contributed by atoms with Crippen LogP contribution in [0.4, 0.5) is 0 Å². The molecule has 5 nitrogen and oxygen atoms in total. The van der Waals surface area contributed by atoms with Crippen LogP contribution in [0.5, 0.6) is 11.5 Å². The fourth-order valence-electron chi connectivity index (χ4n) is 2.05. The highest BCUT2D eigenvalue weighted by atomic mass is 16.5. The van der Waals surface area contributed by atoms with Crippen LogP contribution in [-0.4, -0.2) is 23.8 Å². The highest BCUT2D eigenvalue weighted by Crippen LogP contribution is 2.25. The number of rotatable bonds is 6. The topological polar surface area (TPSA) is 70.9 Å². The average molecular weight is 312 g/mol. The van der Waals surface area contributed by atoms with Gasteiger partial charge in [-0.2, -0.15) is 5.10 Å². The zero-order chi connectivity index (χ0) is 16.7. The number of hydrazone groups is 1. The van der Waals surface area contributed by atoms with E-state index in [-0.39, 0.29) is 18.3 Å². The van der Waals surface area contributed by atoms with Crippen LogP contribution < -0.4 is 10.2 Å². The summed E-state index contributed by atoms with van der Waals surface area (Å²) in [6.07, 6.45) is 1.46. The molecule has 0 fully saturated rings. The number of phenolic OH excluding ortho intramolecular Hbond substituents is 1. The molecule has 2 rings (SSSR count). The van der Waals surface area contributed by atoms with Gasteiger partial charge in [-0.3, -0.25) is 4.79 Å². The molecular weight excluding hydrogens is 292 g/mol. The molecular formula is C18H20N2O3. The Labute approximate surface area is 135 Å². The molecule has 0 bridgehead atoms. The standard InChI is InChI=1S/C18H20N2O3/c1-13(2)16-8-3-4-9-17(16)23-12-18(22)20-19-11-14-6-5-7-15(21)10-14/h3-11,13,21H,12H2,1-2H3,(H,20,22)/b19-11+. The molecule has 0 saturated heterocycles. The Hall–Kier alpha value is -2.82. The van der Waals surface area contributed by atoms with E-state index in [1.165, 1.54) is 6.21 Å². The molecule has 0 atom stereocenters. The maximum Gasteiger partial charge on any atom is 0.277 e. The van der Waals surface area contributed by atoms with Gasteiger partial charge in [0, 0.05) is 0 Å². The van der Waals surface area contributed by atoms with Gasteiger partial charge >= 0.3 is 0 Å². The lowest BCUT2D eigenvalue weighted by Gasteiger charge is -2.12. The van der Waals surface area contributed by atoms with Crippen LogP contribution in [0.15, 0.2) is 53.6 Å². The molecule has 2 aromatic carbocycles. The van der Waals surface area contributed by atoms with Crippen molar-refractivity contribution >= 4 is 12.1 Å². The third-order valence-corrected chi connectivity index (χ3v) is 3.17. The van der Waals surface area contributed by atoms with E-state index in [0.717, 1.165) is 5.56 Å². The Morgan fingerprint density at radius 3 is 2.78 bits per heavy atom. The van der Waals surface area contributed by atoms with E-state index in [0.29, 0.717) is 17.2 Å². The van der Waals surface area contributed by atoms with Gasteiger partial charge in [0.1, 0.15) is 11.5 Å². The lowest BCUT2D eigenvalue weighted by atomic mass is 10.0. The minimum absolute atomic E-state index is 0.110. The fraction of sp³-hybridized carbons (Fsp3) is 0.222. The van der Waals surface area contributed by atoms with Crippen LogP contribution in [0.2, 0.25) is 0 Å². The summed E-state index contributed by atoms with van der Waals surface area (Å²) in [6, 6.07) is 14.2. The molecule has 0 heterocycles. The normalized spacial score (nSPS) is 10.9. The van der Waals surface area contributed by atoms with Crippen molar-refractivity contribution < 1.29 is 14.6 Å². The van der Waals surface area contributed by atoms with Crippen molar-refractivity contribution in [2.75, 3.05) is 6.61 Å². The van der Waals surface area contributed by atoms with Gasteiger partial charge in [-0.1, -0.05) is 44.2 Å². The molecule has 2 N–H and O–H groups in total. The molecule has 23 heavy (non-hydrogen) atoms. The van der Waals surface area contributed by atoms with Gasteiger partial charge < -0.3 is 9.84 Å². The van der Waals surface area contributed by atoms with E-state index in [1.54, 1.807) is 24.3 Å². The van der Waals surface area contributed by atoms with Crippen molar-refractivity contribution in [3.63, 3.8) is 0 Å². The van der Waals surface area contributed by atoms with E-state index in [1.807, 2.05) is 24.3 Å². The summed E-state index contributed by atoms with van der Waals surface area (Å²) < 4.78 is 5.56. The summed E-state index contributed by atoms with van der Waals surface area (Å²) in [5, 5.41) is 13.2. The molecule has 2 aromatic rings. The van der Waals surface area contributed by atoms with Crippen LogP contribution in [0.25, 0.3) is 0 Å². The van der Waals surface area contributed by atoms with E-state index in [4.69, 9.17) is 4.74 Å². The summed E-state index contributed by atoms with van der Waals surface area (Å²) in [5.74, 6) is 0.821. The number of para-hydroxylation sites is 1. The van der Waals surface area contributed by atoms with Crippen molar-refractivity contribution in [1.29, 1.82) is 0 Å². The zero-order valence-electron chi connectivity index (χ0n) is 13.2. The largest absolute Gasteiger partial charge is 0.508 e. The Morgan fingerprint density at radius 1 is 1.26 bits per heavy atom. The molecule has 0 aliphatic heterocycles. The van der Waals surface area contributed by atoms with E-state index < -0.39 is 0 Å². The lowest BCUT2D eigenvalue weighted by molar-refractivity contribution is -0.123. The first kappa shape index (κ1) is 16.5. The molecule has 120 valence electrons. The minimum atomic E-state index is -0.347. The van der Waals surface area contributed by atoms with Crippen LogP contribution in [0.3, 0.4) is 0 Å². The number of carbonyl (C=O) groups is 1. The molecule has 0 unspecified atom stereocenters. The van der Waals surface area contributed by atoms with Crippen molar-refractivity contribution in [3.8, 4) is 11.5 Å². The number of phenols is 1. The second-order valence-electron chi connectivity index (χ2n) is 5.37. The number of amides is 1. The van der Waals surface area contributed by atoms with E-state index in [2.05, 4.69) is 24.4 Å². The van der Waals surface area contributed by atoms with Gasteiger partial charge in [0.05, 0.1) is 6.21 Å². The summed E-state index contributed by atoms with van der Waals surface area (Å²) in [6.45, 7) is 4.03. The van der Waals surface area contributed by atoms with Gasteiger partial charge in [-0.25, -0.2) is 5.43 Å². The summed E-state index contributed by atoms with van der Waals surface area (Å²) >= 11 is 0. The number of aromatic hydroxyl groups is 1. The van der Waals surface area contributed by atoms with Gasteiger partial charge in [-0.15, -0.1) is 0 Å². The van der Waals surface area contributed by atoms with Crippen LogP contribution in [0, 0.1) is 0 Å². The van der Waals surface area contributed by atoms with Gasteiger partial charge in [0.15, 0.2) is 6.61 Å². The van der Waals surface area contributed by atoms with Crippen LogP contribution in [-0.2, 0) is 4.79 Å². The fourth-order valence-corrected chi connectivity index (χ4v) is 2.05. The second-order valence-corrected chi connectivity index (χ2v) is 5.37. The van der Waals surface area contributed by atoms with Crippen LogP contribution >= 0.6 is 0 Å². The number of ether oxygens (including phenoxy) is 1. The van der Waals surface area contributed by atoms with Crippen molar-refractivity contribution in [2.24, 2.45) is 5.10 Å². The lowest BCUT2D eigenvalue weighted by Crippen LogP contribution is -2.24. The van der Waals surface area contributed by atoms with Gasteiger partial charge in [0.2, 0.25) is 0 Å². The second kappa shape index (κ2) is 7.98. The number of nitrogens with zero attached hydrogens (tertiary/aromatic N) is 1. The molecule has 0 saturated carbocycles. The first-order chi connectivity index (χ1) is 11.1. The van der Waals surface area contributed by atoms with E-state index >= 15 is 0 Å². The predicted octanol–water partition coefficient (Wildman–Crippen LogP) is 3.04. The summed E-state index contributed by atoms with van der Waals surface area (Å²) in [7, 11) is 0. The quantitative estimate of drug-likeness (QED) is 0.636. The first-order valence-corrected chi connectivity index (χ1v) is 7.39. The van der Waals surface area contributed by atoms with Crippen molar-refractivity contribution in [3.05, 3.63) is 59.7 Å². The first-order valence-electron chi connectivity index (χ1n) is 7.39. The highest BCUT2D eigenvalue weighted by Gasteiger charge is 2.08. The molecule has 0 radical (unpaired) electrons. The molecule has 0 aliphatic carbocycles. The molecule has 0 aliphatic rings. The number of benzene rings is 2. The molecule has 1 amide bonds. The number of hydrogen-bond donors (Lipinski definition) is 2. The summed E-state index contributed by atoms with van der Waals surface area (Å²) in [5.41, 5.74) is 4.14. The van der Waals surface area contributed by atoms with Crippen LogP contribution in [0.1, 0.15) is 30.9 Å². The zero-order valence-corrected chi connectivity index (χ0v) is 13.2. The van der Waals surface area contributed by atoms with Crippen molar-refractivity contribution in [2.45, 2.75) is 19.8 Å². The minimum Gasteiger partial charge on any atom is -0.508 e. The number of nitrogens with one attached hydrogen (secondary N) is 1. The Balaban J connectivity index is 1.86. The Kier molecular flexibility index (Phi) is 5.74. The predicted molar refractivity (Wildman–Crippen MR) is 89.9 cm³/mol. The summed E-state index contributed by atoms with van der Waals surface area (Å²) in [4.78, 5) is 11.8. The third-order valence-electron chi connectivity index (χ3n) is 3.17. The maximum absolute atomic E-state index is 11.8. The smallest absolute Gasteiger partial charge is 0.277 e. The SMILES string of the molecule is CC(C)c1ccccc1OCC(=O)N/N=C/c1cccc(O)c1. The molecule has 0 spiro atoms. The Bertz CT molecular complexity index is 696. The van der Waals surface area contributed by atoms with Gasteiger partial charge in [-0.05, 0) is 35.2 Å². The third kappa shape index (κ3) is 5.14. The maximum atomic E-state index is 11.8. The Morgan fingerprint density at radius 2 is 2.04 bits per heavy atom. The number of carbonyl (C=O) groups excluding carboxylic acids is 1. The van der Waals surface area contributed by atoms with Crippen molar-refractivity contribution in [1.82, 2.24) is 5.43 Å². The molecule has 0 aromatic heterocycles.